The van der Waals surface area contributed by atoms with E-state index in [1.807, 2.05) is 68.7 Å². The molecule has 10 nitrogen and oxygen atoms in total. The van der Waals surface area contributed by atoms with Crippen LogP contribution in [-0.2, 0) is 36.9 Å². The van der Waals surface area contributed by atoms with Crippen LogP contribution in [-0.4, -0.2) is 79.8 Å². The van der Waals surface area contributed by atoms with Gasteiger partial charge in [0.2, 0.25) is 5.91 Å². The van der Waals surface area contributed by atoms with Gasteiger partial charge in [-0.25, -0.2) is 4.98 Å². The maximum atomic E-state index is 14.2. The summed E-state index contributed by atoms with van der Waals surface area (Å²) in [5.74, 6) is -0.550. The van der Waals surface area contributed by atoms with Crippen molar-refractivity contribution in [3.63, 3.8) is 0 Å². The van der Waals surface area contributed by atoms with Gasteiger partial charge in [-0.2, -0.15) is 0 Å². The monoisotopic (exact) mass is 761 g/mol. The molecule has 1 saturated carbocycles. The summed E-state index contributed by atoms with van der Waals surface area (Å²) in [6.45, 7) is 12.4. The highest BCUT2D eigenvalue weighted by Gasteiger charge is 2.45. The van der Waals surface area contributed by atoms with Crippen molar-refractivity contribution >= 4 is 28.9 Å². The van der Waals surface area contributed by atoms with E-state index in [1.54, 1.807) is 16.2 Å². The molecule has 2 aromatic carbocycles. The third-order valence-corrected chi connectivity index (χ3v) is 11.5. The molecule has 3 atom stereocenters. The highest BCUT2D eigenvalue weighted by Crippen LogP contribution is 2.38. The largest absolute Gasteiger partial charge is 0.491 e. The highest BCUT2D eigenvalue weighted by atomic mass is 32.1. The molecular weight excluding hydrogens is 703 g/mol. The molecule has 2 aliphatic rings. The molecule has 2 amide bonds. The molecule has 5 rings (SSSR count). The zero-order valence-corrected chi connectivity index (χ0v) is 33.4. The number of hydrogen-bond donors (Lipinski definition) is 1. The summed E-state index contributed by atoms with van der Waals surface area (Å²) in [4.78, 5) is 48.5. The van der Waals surface area contributed by atoms with Crippen LogP contribution in [0.1, 0.15) is 99.3 Å². The lowest BCUT2D eigenvalue weighted by Crippen LogP contribution is -2.49. The summed E-state index contributed by atoms with van der Waals surface area (Å²) in [7, 11) is 0. The van der Waals surface area contributed by atoms with Gasteiger partial charge in [0.05, 0.1) is 55.2 Å². The minimum atomic E-state index is -0.580. The molecule has 0 radical (unpaired) electrons. The van der Waals surface area contributed by atoms with Crippen LogP contribution in [0.15, 0.2) is 48.0 Å². The molecule has 3 aromatic rings. The van der Waals surface area contributed by atoms with E-state index in [0.717, 1.165) is 46.7 Å². The normalized spacial score (nSPS) is 17.3. The van der Waals surface area contributed by atoms with Gasteiger partial charge in [-0.1, -0.05) is 83.2 Å². The fourth-order valence-corrected chi connectivity index (χ4v) is 8.41. The number of fused-ring (bicyclic) bond motifs is 1. The summed E-state index contributed by atoms with van der Waals surface area (Å²) in [5.41, 5.74) is 6.21. The van der Waals surface area contributed by atoms with E-state index in [1.165, 1.54) is 25.7 Å². The molecule has 0 bridgehead atoms. The van der Waals surface area contributed by atoms with E-state index in [9.17, 15) is 14.4 Å². The van der Waals surface area contributed by atoms with Crippen LogP contribution in [0.2, 0.25) is 0 Å². The average Bonchev–Trinajstić information content (AvgIpc) is 3.92. The van der Waals surface area contributed by atoms with Gasteiger partial charge in [0.25, 0.3) is 5.91 Å². The summed E-state index contributed by atoms with van der Waals surface area (Å²) in [6, 6.07) is 13.0. The van der Waals surface area contributed by atoms with Crippen LogP contribution in [0.5, 0.6) is 5.75 Å². The third kappa shape index (κ3) is 11.2. The van der Waals surface area contributed by atoms with Crippen molar-refractivity contribution in [2.75, 3.05) is 46.2 Å². The van der Waals surface area contributed by atoms with Crippen LogP contribution >= 0.6 is 11.3 Å². The van der Waals surface area contributed by atoms with Gasteiger partial charge in [0.15, 0.2) is 5.78 Å². The summed E-state index contributed by atoms with van der Waals surface area (Å²) in [6.07, 6.45) is 8.21. The molecule has 0 spiro atoms. The molecule has 1 fully saturated rings. The summed E-state index contributed by atoms with van der Waals surface area (Å²) in [5, 5.41) is 3.13. The lowest BCUT2D eigenvalue weighted by molar-refractivity contribution is -0.136. The Morgan fingerprint density at radius 3 is 2.31 bits per heavy atom. The second-order valence-electron chi connectivity index (χ2n) is 14.7. The number of aromatic nitrogens is 1. The molecule has 3 unspecified atom stereocenters. The van der Waals surface area contributed by atoms with Crippen LogP contribution in [0.25, 0.3) is 10.4 Å². The molecule has 0 saturated heterocycles. The highest BCUT2D eigenvalue weighted by molar-refractivity contribution is 7.13. The minimum absolute atomic E-state index is 0.0102. The number of aryl methyl sites for hydroxylation is 1. The number of benzene rings is 2. The number of nitrogens with zero attached hydrogens (tertiary/aromatic N) is 2. The average molecular weight is 762 g/mol. The Balaban J connectivity index is 1.12. The van der Waals surface area contributed by atoms with E-state index in [0.29, 0.717) is 70.3 Å². The number of unbranched alkanes of at least 4 members (excludes halogenated alkanes) is 4. The lowest BCUT2D eigenvalue weighted by atomic mass is 9.83. The number of ether oxygens (including phenoxy) is 4. The van der Waals surface area contributed by atoms with Gasteiger partial charge in [0.1, 0.15) is 12.4 Å². The van der Waals surface area contributed by atoms with Crippen molar-refractivity contribution in [1.29, 1.82) is 0 Å². The number of hydrogen-bond acceptors (Lipinski definition) is 9. The van der Waals surface area contributed by atoms with E-state index >= 15 is 0 Å². The van der Waals surface area contributed by atoms with Gasteiger partial charge in [-0.05, 0) is 55.4 Å². The molecule has 11 heteroatoms. The first-order chi connectivity index (χ1) is 26.3. The number of amides is 2. The first-order valence-corrected chi connectivity index (χ1v) is 20.8. The molecular formula is C43H59N3O7S. The maximum absolute atomic E-state index is 14.2. The lowest BCUT2D eigenvalue weighted by Gasteiger charge is -2.33. The van der Waals surface area contributed by atoms with Crippen LogP contribution in [0, 0.1) is 24.7 Å². The third-order valence-electron chi connectivity index (χ3n) is 10.5. The quantitative estimate of drug-likeness (QED) is 0.0920. The van der Waals surface area contributed by atoms with Crippen LogP contribution < -0.4 is 10.1 Å². The van der Waals surface area contributed by atoms with Crippen molar-refractivity contribution in [3.05, 3.63) is 70.4 Å². The van der Waals surface area contributed by atoms with E-state index in [4.69, 9.17) is 18.9 Å². The maximum Gasteiger partial charge on any atom is 0.255 e. The zero-order chi connectivity index (χ0) is 38.3. The topological polar surface area (TPSA) is 116 Å². The van der Waals surface area contributed by atoms with Crippen molar-refractivity contribution in [3.8, 4) is 16.2 Å². The van der Waals surface area contributed by atoms with Crippen LogP contribution in [0.4, 0.5) is 0 Å². The van der Waals surface area contributed by atoms with Crippen molar-refractivity contribution in [2.24, 2.45) is 17.8 Å². The van der Waals surface area contributed by atoms with E-state index in [2.05, 4.69) is 17.2 Å². The summed E-state index contributed by atoms with van der Waals surface area (Å²) < 4.78 is 23.3. The first kappa shape index (κ1) is 41.5. The Morgan fingerprint density at radius 1 is 0.907 bits per heavy atom. The van der Waals surface area contributed by atoms with Gasteiger partial charge in [0, 0.05) is 42.7 Å². The molecule has 1 aliphatic heterocycles. The minimum Gasteiger partial charge on any atom is -0.491 e. The second kappa shape index (κ2) is 21.5. The van der Waals surface area contributed by atoms with Crippen LogP contribution in [0.3, 0.4) is 0 Å². The number of carbonyl (C=O) groups excluding carboxylic acids is 3. The number of nitrogens with one attached hydrogen (secondary N) is 1. The first-order valence-electron chi connectivity index (χ1n) is 19.9. The smallest absolute Gasteiger partial charge is 0.255 e. The number of rotatable bonds is 24. The fourth-order valence-electron chi connectivity index (χ4n) is 7.61. The second-order valence-corrected chi connectivity index (χ2v) is 15.6. The van der Waals surface area contributed by atoms with E-state index < -0.39 is 17.9 Å². The molecule has 54 heavy (non-hydrogen) atoms. The van der Waals surface area contributed by atoms with Crippen molar-refractivity contribution in [1.82, 2.24) is 15.2 Å². The van der Waals surface area contributed by atoms with E-state index in [-0.39, 0.29) is 30.1 Å². The van der Waals surface area contributed by atoms with Gasteiger partial charge < -0.3 is 29.2 Å². The molecule has 2 heterocycles. The molecule has 1 aliphatic carbocycles. The molecule has 294 valence electrons. The Labute approximate surface area is 325 Å². The van der Waals surface area contributed by atoms with Gasteiger partial charge in [-0.15, -0.1) is 11.3 Å². The Kier molecular flexibility index (Phi) is 16.5. The number of ketones is 1. The fraction of sp³-hybridized carbons (Fsp3) is 0.581. The van der Waals surface area contributed by atoms with Gasteiger partial charge >= 0.3 is 0 Å². The standard InChI is InChI=1S/C43H59N3O7S/c1-5-6-7-8-11-19-50-20-21-51-22-23-52-24-25-53-38-26-32(41-31(4)45-29-54-41)17-18-33(38)27-44-42(48)37-16-12-15-36(37)40(47)39(30(2)3)46-28-34-13-9-10-14-35(34)43(46)49/h9-10,13-14,17-18,26,29-30,36-37,39H,5-8,11-12,15-16,19-25,27-28H2,1-4H3,(H,44,48). The Hall–Kier alpha value is -3.64. The molecule has 1 aromatic heterocycles. The predicted octanol–water partition coefficient (Wildman–Crippen LogP) is 7.80. The number of carbonyl (C=O) groups is 3. The zero-order valence-electron chi connectivity index (χ0n) is 32.6. The van der Waals surface area contributed by atoms with Crippen molar-refractivity contribution in [2.45, 2.75) is 98.2 Å². The number of thiazole rings is 1. The molecule has 1 N–H and O–H groups in total. The predicted molar refractivity (Wildman–Crippen MR) is 212 cm³/mol. The number of Topliss-reactive ketones (excluding diaryl/α,β-unsaturated/α-hetero) is 1. The SMILES string of the molecule is CCCCCCCOCCOCCOCCOc1cc(-c2scnc2C)ccc1CNC(=O)C1CCCC1C(=O)C(C(C)C)N1Cc2ccccc2C1=O. The Morgan fingerprint density at radius 2 is 1.61 bits per heavy atom. The summed E-state index contributed by atoms with van der Waals surface area (Å²) >= 11 is 1.57. The van der Waals surface area contributed by atoms with Gasteiger partial charge in [-0.3, -0.25) is 14.4 Å². The Bertz CT molecular complexity index is 1660. The van der Waals surface area contributed by atoms with Crippen molar-refractivity contribution < 1.29 is 33.3 Å².